The zero-order valence-corrected chi connectivity index (χ0v) is 10.6. The average molecular weight is 226 g/mol. The lowest BCUT2D eigenvalue weighted by molar-refractivity contribution is 0.430. The molecule has 1 aliphatic carbocycles. The maximum absolute atomic E-state index is 4.73. The van der Waals surface area contributed by atoms with Crippen molar-refractivity contribution in [3.8, 4) is 0 Å². The molecule has 1 saturated heterocycles. The highest BCUT2D eigenvalue weighted by atomic mass is 32.2. The Labute approximate surface area is 97.3 Å². The van der Waals surface area contributed by atoms with E-state index in [1.54, 1.807) is 0 Å². The van der Waals surface area contributed by atoms with Crippen LogP contribution >= 0.6 is 11.8 Å². The van der Waals surface area contributed by atoms with Crippen LogP contribution in [-0.2, 0) is 0 Å². The summed E-state index contributed by atoms with van der Waals surface area (Å²) < 4.78 is 0. The van der Waals surface area contributed by atoms with Crippen molar-refractivity contribution in [1.82, 2.24) is 5.32 Å². The maximum atomic E-state index is 4.73. The van der Waals surface area contributed by atoms with E-state index >= 15 is 0 Å². The van der Waals surface area contributed by atoms with Gasteiger partial charge in [-0.25, -0.2) is 0 Å². The molecular formula is C12H22N2S. The zero-order chi connectivity index (χ0) is 10.7. The zero-order valence-electron chi connectivity index (χ0n) is 9.83. The Hall–Kier alpha value is -0.180. The van der Waals surface area contributed by atoms with E-state index in [4.69, 9.17) is 4.99 Å². The fourth-order valence-electron chi connectivity index (χ4n) is 2.44. The molecule has 3 unspecified atom stereocenters. The molecule has 0 radical (unpaired) electrons. The molecule has 0 aromatic carbocycles. The van der Waals surface area contributed by atoms with Crippen molar-refractivity contribution in [2.75, 3.05) is 12.3 Å². The van der Waals surface area contributed by atoms with Crippen LogP contribution in [0.2, 0.25) is 0 Å². The summed E-state index contributed by atoms with van der Waals surface area (Å²) in [5.41, 5.74) is 0. The number of hydrogen-bond donors (Lipinski definition) is 1. The maximum Gasteiger partial charge on any atom is 0.156 e. The van der Waals surface area contributed by atoms with E-state index < -0.39 is 0 Å². The highest BCUT2D eigenvalue weighted by Crippen LogP contribution is 2.31. The van der Waals surface area contributed by atoms with Crippen LogP contribution in [-0.4, -0.2) is 23.5 Å². The SMILES string of the molecule is CC1CCSC(=NCC2CCCC2C)N1. The molecule has 2 nitrogen and oxygen atoms in total. The van der Waals surface area contributed by atoms with E-state index in [9.17, 15) is 0 Å². The van der Waals surface area contributed by atoms with Crippen molar-refractivity contribution in [2.24, 2.45) is 16.8 Å². The topological polar surface area (TPSA) is 24.4 Å². The van der Waals surface area contributed by atoms with Gasteiger partial charge in [0, 0.05) is 18.3 Å². The predicted octanol–water partition coefficient (Wildman–Crippen LogP) is 2.89. The lowest BCUT2D eigenvalue weighted by atomic mass is 9.99. The largest absolute Gasteiger partial charge is 0.362 e. The van der Waals surface area contributed by atoms with Gasteiger partial charge in [0.15, 0.2) is 5.17 Å². The van der Waals surface area contributed by atoms with Crippen molar-refractivity contribution in [3.05, 3.63) is 0 Å². The van der Waals surface area contributed by atoms with E-state index in [1.807, 2.05) is 11.8 Å². The predicted molar refractivity (Wildman–Crippen MR) is 68.5 cm³/mol. The molecule has 0 aromatic heterocycles. The van der Waals surface area contributed by atoms with Crippen molar-refractivity contribution < 1.29 is 0 Å². The van der Waals surface area contributed by atoms with E-state index in [0.29, 0.717) is 6.04 Å². The van der Waals surface area contributed by atoms with E-state index in [1.165, 1.54) is 36.6 Å². The summed E-state index contributed by atoms with van der Waals surface area (Å²) in [6, 6.07) is 0.617. The molecule has 1 N–H and O–H groups in total. The second kappa shape index (κ2) is 5.24. The third-order valence-corrected chi connectivity index (χ3v) is 4.63. The van der Waals surface area contributed by atoms with Gasteiger partial charge < -0.3 is 5.32 Å². The minimum Gasteiger partial charge on any atom is -0.362 e. The fraction of sp³-hybridized carbons (Fsp3) is 0.917. The molecule has 1 heterocycles. The van der Waals surface area contributed by atoms with Crippen LogP contribution in [0, 0.1) is 11.8 Å². The van der Waals surface area contributed by atoms with Gasteiger partial charge in [0.05, 0.1) is 0 Å². The second-order valence-corrected chi connectivity index (χ2v) is 6.08. The summed E-state index contributed by atoms with van der Waals surface area (Å²) in [6.45, 7) is 5.67. The Morgan fingerprint density at radius 3 is 2.87 bits per heavy atom. The normalized spacial score (nSPS) is 39.3. The van der Waals surface area contributed by atoms with Crippen LogP contribution in [0.4, 0.5) is 0 Å². The lowest BCUT2D eigenvalue weighted by Crippen LogP contribution is -2.35. The van der Waals surface area contributed by atoms with Gasteiger partial charge >= 0.3 is 0 Å². The van der Waals surface area contributed by atoms with Crippen molar-refractivity contribution in [3.63, 3.8) is 0 Å². The van der Waals surface area contributed by atoms with Gasteiger partial charge in [-0.15, -0.1) is 0 Å². The van der Waals surface area contributed by atoms with Crippen molar-refractivity contribution in [1.29, 1.82) is 0 Å². The quantitative estimate of drug-likeness (QED) is 0.783. The Morgan fingerprint density at radius 1 is 1.33 bits per heavy atom. The minimum atomic E-state index is 0.617. The Bertz CT molecular complexity index is 240. The summed E-state index contributed by atoms with van der Waals surface area (Å²) in [4.78, 5) is 4.73. The molecule has 0 amide bonds. The minimum absolute atomic E-state index is 0.617. The first kappa shape index (κ1) is 11.3. The molecule has 2 aliphatic rings. The average Bonchev–Trinajstić information content (AvgIpc) is 2.61. The number of rotatable bonds is 2. The van der Waals surface area contributed by atoms with Crippen LogP contribution in [0.15, 0.2) is 4.99 Å². The molecule has 1 aliphatic heterocycles. The van der Waals surface area contributed by atoms with Crippen molar-refractivity contribution in [2.45, 2.75) is 45.6 Å². The molecule has 86 valence electrons. The summed E-state index contributed by atoms with van der Waals surface area (Å²) >= 11 is 1.89. The number of aliphatic imine (C=N–C) groups is 1. The molecular weight excluding hydrogens is 204 g/mol. The third-order valence-electron chi connectivity index (χ3n) is 3.67. The van der Waals surface area contributed by atoms with E-state index in [2.05, 4.69) is 19.2 Å². The molecule has 3 atom stereocenters. The molecule has 2 rings (SSSR count). The summed E-state index contributed by atoms with van der Waals surface area (Å²) in [5.74, 6) is 2.96. The van der Waals surface area contributed by atoms with Crippen LogP contribution in [0.5, 0.6) is 0 Å². The number of amidine groups is 1. The molecule has 2 fully saturated rings. The molecule has 0 bridgehead atoms. The fourth-order valence-corrected chi connectivity index (χ4v) is 3.56. The van der Waals surface area contributed by atoms with Gasteiger partial charge in [0.1, 0.15) is 0 Å². The Morgan fingerprint density at radius 2 is 2.20 bits per heavy atom. The van der Waals surface area contributed by atoms with Crippen LogP contribution < -0.4 is 5.32 Å². The number of hydrogen-bond acceptors (Lipinski definition) is 2. The highest BCUT2D eigenvalue weighted by molar-refractivity contribution is 8.13. The molecule has 3 heteroatoms. The summed E-state index contributed by atoms with van der Waals surface area (Å²) in [6.07, 6.45) is 5.47. The van der Waals surface area contributed by atoms with E-state index in [-0.39, 0.29) is 0 Å². The first-order valence-corrected chi connectivity index (χ1v) is 7.18. The van der Waals surface area contributed by atoms with Crippen LogP contribution in [0.1, 0.15) is 39.5 Å². The van der Waals surface area contributed by atoms with Gasteiger partial charge in [-0.2, -0.15) is 0 Å². The first-order valence-electron chi connectivity index (χ1n) is 6.19. The molecule has 1 saturated carbocycles. The van der Waals surface area contributed by atoms with Gasteiger partial charge in [0.2, 0.25) is 0 Å². The number of nitrogens with one attached hydrogen (secondary N) is 1. The molecule has 15 heavy (non-hydrogen) atoms. The summed E-state index contributed by atoms with van der Waals surface area (Å²) in [7, 11) is 0. The van der Waals surface area contributed by atoms with Gasteiger partial charge in [-0.05, 0) is 31.6 Å². The Balaban J connectivity index is 1.82. The van der Waals surface area contributed by atoms with E-state index in [0.717, 1.165) is 18.4 Å². The Kier molecular flexibility index (Phi) is 3.95. The smallest absolute Gasteiger partial charge is 0.156 e. The van der Waals surface area contributed by atoms with Gasteiger partial charge in [0.25, 0.3) is 0 Å². The van der Waals surface area contributed by atoms with Gasteiger partial charge in [-0.3, -0.25) is 4.99 Å². The van der Waals surface area contributed by atoms with Crippen LogP contribution in [0.25, 0.3) is 0 Å². The first-order chi connectivity index (χ1) is 7.25. The van der Waals surface area contributed by atoms with Gasteiger partial charge in [-0.1, -0.05) is 31.5 Å². The third kappa shape index (κ3) is 3.13. The standard InChI is InChI=1S/C12H22N2S/c1-9-4-3-5-11(9)8-13-12-14-10(2)6-7-15-12/h9-11H,3-8H2,1-2H3,(H,13,14). The molecule has 0 aromatic rings. The molecule has 0 spiro atoms. The number of thioether (sulfide) groups is 1. The highest BCUT2D eigenvalue weighted by Gasteiger charge is 2.23. The number of nitrogens with zero attached hydrogens (tertiary/aromatic N) is 1. The van der Waals surface area contributed by atoms with Crippen LogP contribution in [0.3, 0.4) is 0 Å². The lowest BCUT2D eigenvalue weighted by Gasteiger charge is -2.22. The monoisotopic (exact) mass is 226 g/mol. The summed E-state index contributed by atoms with van der Waals surface area (Å²) in [5, 5.41) is 4.66. The van der Waals surface area contributed by atoms with Crippen molar-refractivity contribution >= 4 is 16.9 Å². The second-order valence-electron chi connectivity index (χ2n) is 5.00.